The SMILES string of the molecule is COCC(=O)N1c2ccccc2C[C@H]1C(N)=O. The second kappa shape index (κ2) is 4.55. The van der Waals surface area contributed by atoms with Crippen LogP contribution < -0.4 is 10.6 Å². The van der Waals surface area contributed by atoms with Gasteiger partial charge < -0.3 is 10.5 Å². The Morgan fingerprint density at radius 1 is 1.47 bits per heavy atom. The molecule has 1 aromatic carbocycles. The number of amides is 2. The molecule has 90 valence electrons. The van der Waals surface area contributed by atoms with Crippen molar-refractivity contribution < 1.29 is 14.3 Å². The summed E-state index contributed by atoms with van der Waals surface area (Å²) in [4.78, 5) is 24.7. The summed E-state index contributed by atoms with van der Waals surface area (Å²) in [6, 6.07) is 6.81. The molecule has 1 atom stereocenters. The van der Waals surface area contributed by atoms with Crippen LogP contribution in [0, 0.1) is 0 Å². The molecule has 2 amide bonds. The number of nitrogens with two attached hydrogens (primary N) is 1. The maximum Gasteiger partial charge on any atom is 0.253 e. The lowest BCUT2D eigenvalue weighted by Crippen LogP contribution is -2.47. The number of rotatable bonds is 3. The fourth-order valence-electron chi connectivity index (χ4n) is 2.11. The zero-order chi connectivity index (χ0) is 12.4. The van der Waals surface area contributed by atoms with Crippen LogP contribution in [0.1, 0.15) is 5.56 Å². The summed E-state index contributed by atoms with van der Waals surface area (Å²) in [7, 11) is 1.44. The lowest BCUT2D eigenvalue weighted by Gasteiger charge is -2.22. The smallest absolute Gasteiger partial charge is 0.253 e. The minimum atomic E-state index is -0.602. The van der Waals surface area contributed by atoms with Crippen LogP contribution in [-0.4, -0.2) is 31.6 Å². The number of carbonyl (C=O) groups is 2. The van der Waals surface area contributed by atoms with E-state index in [0.717, 1.165) is 11.3 Å². The average molecular weight is 234 g/mol. The average Bonchev–Trinajstić information content (AvgIpc) is 2.68. The summed E-state index contributed by atoms with van der Waals surface area (Å²) in [5.41, 5.74) is 7.04. The first-order valence-corrected chi connectivity index (χ1v) is 5.33. The molecule has 0 saturated heterocycles. The van der Waals surface area contributed by atoms with Gasteiger partial charge in [0, 0.05) is 19.2 Å². The molecular weight excluding hydrogens is 220 g/mol. The van der Waals surface area contributed by atoms with Crippen molar-refractivity contribution in [3.8, 4) is 0 Å². The van der Waals surface area contributed by atoms with Crippen LogP contribution in [0.5, 0.6) is 0 Å². The van der Waals surface area contributed by atoms with E-state index >= 15 is 0 Å². The molecule has 0 radical (unpaired) electrons. The Hall–Kier alpha value is -1.88. The molecule has 2 rings (SSSR count). The third-order valence-electron chi connectivity index (χ3n) is 2.84. The molecule has 0 unspecified atom stereocenters. The van der Waals surface area contributed by atoms with E-state index in [2.05, 4.69) is 0 Å². The van der Waals surface area contributed by atoms with Gasteiger partial charge in [0.05, 0.1) is 0 Å². The molecule has 5 nitrogen and oxygen atoms in total. The summed E-state index contributed by atoms with van der Waals surface area (Å²) < 4.78 is 4.82. The van der Waals surface area contributed by atoms with E-state index in [1.165, 1.54) is 12.0 Å². The Balaban J connectivity index is 2.37. The predicted molar refractivity (Wildman–Crippen MR) is 62.5 cm³/mol. The number of carbonyl (C=O) groups excluding carboxylic acids is 2. The number of benzene rings is 1. The number of ether oxygens (including phenoxy) is 1. The highest BCUT2D eigenvalue weighted by atomic mass is 16.5. The minimum absolute atomic E-state index is 0.0574. The summed E-state index contributed by atoms with van der Waals surface area (Å²) in [5.74, 6) is -0.744. The predicted octanol–water partition coefficient (Wildman–Crippen LogP) is 0.0760. The number of methoxy groups -OCH3 is 1. The van der Waals surface area contributed by atoms with Gasteiger partial charge >= 0.3 is 0 Å². The van der Waals surface area contributed by atoms with Crippen molar-refractivity contribution in [2.75, 3.05) is 18.6 Å². The quantitative estimate of drug-likeness (QED) is 0.804. The lowest BCUT2D eigenvalue weighted by molar-refractivity contribution is -0.126. The molecule has 2 N–H and O–H groups in total. The zero-order valence-corrected chi connectivity index (χ0v) is 9.55. The van der Waals surface area contributed by atoms with Crippen LogP contribution in [0.25, 0.3) is 0 Å². The topological polar surface area (TPSA) is 72.6 Å². The van der Waals surface area contributed by atoms with E-state index in [9.17, 15) is 9.59 Å². The van der Waals surface area contributed by atoms with Crippen molar-refractivity contribution in [3.05, 3.63) is 29.8 Å². The lowest BCUT2D eigenvalue weighted by atomic mass is 10.1. The van der Waals surface area contributed by atoms with Crippen molar-refractivity contribution in [1.29, 1.82) is 0 Å². The molecule has 0 fully saturated rings. The molecule has 1 heterocycles. The van der Waals surface area contributed by atoms with E-state index in [4.69, 9.17) is 10.5 Å². The van der Waals surface area contributed by atoms with Gasteiger partial charge in [-0.05, 0) is 11.6 Å². The monoisotopic (exact) mass is 234 g/mol. The number of anilines is 1. The van der Waals surface area contributed by atoms with E-state index < -0.39 is 11.9 Å². The first-order valence-electron chi connectivity index (χ1n) is 5.33. The Morgan fingerprint density at radius 2 is 2.18 bits per heavy atom. The zero-order valence-electron chi connectivity index (χ0n) is 9.55. The fraction of sp³-hybridized carbons (Fsp3) is 0.333. The molecule has 1 aliphatic rings. The second-order valence-corrected chi connectivity index (χ2v) is 3.95. The fourth-order valence-corrected chi connectivity index (χ4v) is 2.11. The molecular formula is C12H14N2O3. The number of hydrogen-bond acceptors (Lipinski definition) is 3. The van der Waals surface area contributed by atoms with Crippen molar-refractivity contribution in [3.63, 3.8) is 0 Å². The van der Waals surface area contributed by atoms with Crippen molar-refractivity contribution >= 4 is 17.5 Å². The van der Waals surface area contributed by atoms with Crippen LogP contribution in [0.3, 0.4) is 0 Å². The molecule has 5 heteroatoms. The highest BCUT2D eigenvalue weighted by Gasteiger charge is 2.36. The van der Waals surface area contributed by atoms with E-state index in [-0.39, 0.29) is 12.5 Å². The van der Waals surface area contributed by atoms with Gasteiger partial charge in [0.2, 0.25) is 5.91 Å². The summed E-state index contributed by atoms with van der Waals surface area (Å²) in [6.45, 7) is -0.0574. The minimum Gasteiger partial charge on any atom is -0.375 e. The highest BCUT2D eigenvalue weighted by Crippen LogP contribution is 2.31. The van der Waals surface area contributed by atoms with Crippen LogP contribution in [-0.2, 0) is 20.7 Å². The molecule has 1 aliphatic heterocycles. The number of nitrogens with zero attached hydrogens (tertiary/aromatic N) is 1. The number of fused-ring (bicyclic) bond motifs is 1. The van der Waals surface area contributed by atoms with Gasteiger partial charge in [-0.15, -0.1) is 0 Å². The Kier molecular flexibility index (Phi) is 3.10. The van der Waals surface area contributed by atoms with E-state index in [0.29, 0.717) is 6.42 Å². The molecule has 1 aromatic rings. The number of hydrogen-bond donors (Lipinski definition) is 1. The van der Waals surface area contributed by atoms with Gasteiger partial charge in [-0.2, -0.15) is 0 Å². The summed E-state index contributed by atoms with van der Waals surface area (Å²) >= 11 is 0. The van der Waals surface area contributed by atoms with Crippen LogP contribution in [0.4, 0.5) is 5.69 Å². The first-order chi connectivity index (χ1) is 8.15. The first kappa shape index (κ1) is 11.6. The Bertz CT molecular complexity index is 459. The van der Waals surface area contributed by atoms with Crippen molar-refractivity contribution in [1.82, 2.24) is 0 Å². The highest BCUT2D eigenvalue weighted by molar-refractivity contribution is 6.03. The van der Waals surface area contributed by atoms with E-state index in [1.54, 1.807) is 0 Å². The van der Waals surface area contributed by atoms with Gasteiger partial charge in [0.1, 0.15) is 12.6 Å². The third-order valence-corrected chi connectivity index (χ3v) is 2.84. The standard InChI is InChI=1S/C12H14N2O3/c1-17-7-11(15)14-9-5-3-2-4-8(9)6-10(14)12(13)16/h2-5,10H,6-7H2,1H3,(H2,13,16)/t10-/m0/s1. The molecule has 0 bridgehead atoms. The third kappa shape index (κ3) is 2.01. The van der Waals surface area contributed by atoms with Gasteiger partial charge in [-0.25, -0.2) is 0 Å². The Labute approximate surface area is 99.2 Å². The van der Waals surface area contributed by atoms with Gasteiger partial charge in [0.25, 0.3) is 5.91 Å². The van der Waals surface area contributed by atoms with Crippen LogP contribution in [0.15, 0.2) is 24.3 Å². The maximum absolute atomic E-state index is 11.9. The van der Waals surface area contributed by atoms with Gasteiger partial charge in [-0.1, -0.05) is 18.2 Å². The van der Waals surface area contributed by atoms with Crippen LogP contribution in [0.2, 0.25) is 0 Å². The largest absolute Gasteiger partial charge is 0.375 e. The molecule has 0 aliphatic carbocycles. The van der Waals surface area contributed by atoms with E-state index in [1.807, 2.05) is 24.3 Å². The number of para-hydroxylation sites is 1. The second-order valence-electron chi connectivity index (χ2n) is 3.95. The number of primary amides is 1. The molecule has 17 heavy (non-hydrogen) atoms. The molecule has 0 saturated carbocycles. The Morgan fingerprint density at radius 3 is 2.82 bits per heavy atom. The van der Waals surface area contributed by atoms with Gasteiger partial charge in [-0.3, -0.25) is 14.5 Å². The molecule has 0 spiro atoms. The summed E-state index contributed by atoms with van der Waals surface area (Å²) in [5, 5.41) is 0. The maximum atomic E-state index is 11.9. The van der Waals surface area contributed by atoms with Crippen LogP contribution >= 0.6 is 0 Å². The molecule has 0 aromatic heterocycles. The summed E-state index contributed by atoms with van der Waals surface area (Å²) in [6.07, 6.45) is 0.473. The van der Waals surface area contributed by atoms with Crippen molar-refractivity contribution in [2.45, 2.75) is 12.5 Å². The van der Waals surface area contributed by atoms with Crippen molar-refractivity contribution in [2.24, 2.45) is 5.73 Å². The van der Waals surface area contributed by atoms with Gasteiger partial charge in [0.15, 0.2) is 0 Å². The normalized spacial score (nSPS) is 17.9.